The van der Waals surface area contributed by atoms with Crippen LogP contribution in [0.2, 0.25) is 5.02 Å². The van der Waals surface area contributed by atoms with Crippen LogP contribution in [-0.2, 0) is 17.7 Å². The van der Waals surface area contributed by atoms with Gasteiger partial charge in [-0.1, -0.05) is 27.5 Å². The predicted molar refractivity (Wildman–Crippen MR) is 84.1 cm³/mol. The van der Waals surface area contributed by atoms with Gasteiger partial charge in [0.05, 0.1) is 18.8 Å². The summed E-state index contributed by atoms with van der Waals surface area (Å²) in [7, 11) is 0. The Morgan fingerprint density at radius 2 is 2.25 bits per heavy atom. The first-order chi connectivity index (χ1) is 9.65. The van der Waals surface area contributed by atoms with Crippen LogP contribution in [0.3, 0.4) is 0 Å². The van der Waals surface area contributed by atoms with E-state index in [2.05, 4.69) is 27.8 Å². The van der Waals surface area contributed by atoms with E-state index < -0.39 is 0 Å². The Bertz CT molecular complexity index is 497. The molecule has 3 nitrogen and oxygen atoms in total. The van der Waals surface area contributed by atoms with E-state index in [1.165, 1.54) is 11.1 Å². The van der Waals surface area contributed by atoms with Gasteiger partial charge < -0.3 is 9.47 Å². The lowest BCUT2D eigenvalue weighted by atomic mass is 10.1. The molecule has 1 aromatic rings. The molecule has 1 aromatic carbocycles. The molecule has 0 aromatic heterocycles. The monoisotopic (exact) mass is 359 g/mol. The molecule has 2 heterocycles. The van der Waals surface area contributed by atoms with Gasteiger partial charge in [0, 0.05) is 42.0 Å². The molecule has 2 aliphatic heterocycles. The van der Waals surface area contributed by atoms with Crippen molar-refractivity contribution in [1.82, 2.24) is 4.90 Å². The molecule has 20 heavy (non-hydrogen) atoms. The summed E-state index contributed by atoms with van der Waals surface area (Å²) in [6.45, 7) is 5.66. The SMILES string of the molecule is CC1CN(Cc2cc(Cl)cc3c2OCC3)CC(CBr)O1. The van der Waals surface area contributed by atoms with Crippen LogP contribution in [0.1, 0.15) is 18.1 Å². The van der Waals surface area contributed by atoms with Crippen LogP contribution in [0, 0.1) is 0 Å². The summed E-state index contributed by atoms with van der Waals surface area (Å²) in [5.41, 5.74) is 2.44. The number of halogens is 2. The maximum atomic E-state index is 6.22. The Labute approximate surface area is 133 Å². The number of hydrogen-bond donors (Lipinski definition) is 0. The molecule has 0 aliphatic carbocycles. The van der Waals surface area contributed by atoms with E-state index in [1.807, 2.05) is 12.1 Å². The van der Waals surface area contributed by atoms with Crippen molar-refractivity contribution >= 4 is 27.5 Å². The summed E-state index contributed by atoms with van der Waals surface area (Å²) >= 11 is 9.74. The lowest BCUT2D eigenvalue weighted by molar-refractivity contribution is -0.0679. The fourth-order valence-corrected chi connectivity index (χ4v) is 3.68. The van der Waals surface area contributed by atoms with Crippen molar-refractivity contribution in [2.75, 3.05) is 25.0 Å². The third-order valence-electron chi connectivity index (χ3n) is 3.79. The van der Waals surface area contributed by atoms with Gasteiger partial charge in [0.25, 0.3) is 0 Å². The number of benzene rings is 1. The zero-order valence-electron chi connectivity index (χ0n) is 11.6. The van der Waals surface area contributed by atoms with Crippen LogP contribution in [0.15, 0.2) is 12.1 Å². The van der Waals surface area contributed by atoms with Gasteiger partial charge in [-0.3, -0.25) is 4.90 Å². The minimum Gasteiger partial charge on any atom is -0.493 e. The summed E-state index contributed by atoms with van der Waals surface area (Å²) in [6.07, 6.45) is 1.48. The molecule has 0 spiro atoms. The van der Waals surface area contributed by atoms with Crippen molar-refractivity contribution in [2.24, 2.45) is 0 Å². The van der Waals surface area contributed by atoms with Gasteiger partial charge in [-0.15, -0.1) is 0 Å². The first kappa shape index (κ1) is 14.6. The average molecular weight is 361 g/mol. The van der Waals surface area contributed by atoms with Crippen molar-refractivity contribution in [1.29, 1.82) is 0 Å². The molecular formula is C15H19BrClNO2. The highest BCUT2D eigenvalue weighted by Crippen LogP contribution is 2.34. The van der Waals surface area contributed by atoms with Crippen molar-refractivity contribution < 1.29 is 9.47 Å². The second-order valence-corrected chi connectivity index (χ2v) is 6.65. The number of ether oxygens (including phenoxy) is 2. The van der Waals surface area contributed by atoms with E-state index in [-0.39, 0.29) is 12.2 Å². The first-order valence-electron chi connectivity index (χ1n) is 7.03. The number of nitrogens with zero attached hydrogens (tertiary/aromatic N) is 1. The molecule has 0 saturated carbocycles. The van der Waals surface area contributed by atoms with Crippen LogP contribution < -0.4 is 4.74 Å². The minimum absolute atomic E-state index is 0.256. The predicted octanol–water partition coefficient (Wildman–Crippen LogP) is 3.26. The van der Waals surface area contributed by atoms with Crippen molar-refractivity contribution in [2.45, 2.75) is 32.1 Å². The van der Waals surface area contributed by atoms with Gasteiger partial charge >= 0.3 is 0 Å². The Morgan fingerprint density at radius 3 is 3.05 bits per heavy atom. The third-order valence-corrected chi connectivity index (χ3v) is 4.73. The Hall–Kier alpha value is -0.290. The van der Waals surface area contributed by atoms with Crippen LogP contribution in [0.4, 0.5) is 0 Å². The molecule has 2 aliphatic rings. The topological polar surface area (TPSA) is 21.7 Å². The van der Waals surface area contributed by atoms with E-state index in [0.717, 1.165) is 48.8 Å². The number of hydrogen-bond acceptors (Lipinski definition) is 3. The normalized spacial score (nSPS) is 26.4. The molecule has 0 bridgehead atoms. The van der Waals surface area contributed by atoms with Gasteiger partial charge in [0.15, 0.2) is 0 Å². The van der Waals surface area contributed by atoms with Crippen LogP contribution in [0.5, 0.6) is 5.75 Å². The maximum absolute atomic E-state index is 6.22. The molecule has 110 valence electrons. The molecule has 3 rings (SSSR count). The molecule has 1 saturated heterocycles. The number of fused-ring (bicyclic) bond motifs is 1. The lowest BCUT2D eigenvalue weighted by Crippen LogP contribution is -2.46. The standard InChI is InChI=1S/C15H19BrClNO2/c1-10-7-18(9-14(6-16)20-10)8-12-5-13(17)4-11-2-3-19-15(11)12/h4-5,10,14H,2-3,6-9H2,1H3. The summed E-state index contributed by atoms with van der Waals surface area (Å²) in [5, 5.41) is 1.68. The minimum atomic E-state index is 0.256. The molecule has 0 amide bonds. The van der Waals surface area contributed by atoms with E-state index >= 15 is 0 Å². The number of rotatable bonds is 3. The molecule has 0 N–H and O–H groups in total. The third kappa shape index (κ3) is 3.14. The second-order valence-electron chi connectivity index (χ2n) is 5.57. The van der Waals surface area contributed by atoms with E-state index in [4.69, 9.17) is 21.1 Å². The van der Waals surface area contributed by atoms with Crippen LogP contribution in [0.25, 0.3) is 0 Å². The fraction of sp³-hybridized carbons (Fsp3) is 0.600. The van der Waals surface area contributed by atoms with E-state index in [0.29, 0.717) is 0 Å². The van der Waals surface area contributed by atoms with E-state index in [9.17, 15) is 0 Å². The summed E-state index contributed by atoms with van der Waals surface area (Å²) in [6, 6.07) is 4.06. The highest BCUT2D eigenvalue weighted by Gasteiger charge is 2.26. The highest BCUT2D eigenvalue weighted by atomic mass is 79.9. The van der Waals surface area contributed by atoms with Gasteiger partial charge in [-0.25, -0.2) is 0 Å². The molecule has 0 radical (unpaired) electrons. The smallest absolute Gasteiger partial charge is 0.127 e. The fourth-order valence-electron chi connectivity index (χ4n) is 3.06. The largest absolute Gasteiger partial charge is 0.493 e. The summed E-state index contributed by atoms with van der Waals surface area (Å²) in [5.74, 6) is 1.05. The summed E-state index contributed by atoms with van der Waals surface area (Å²) < 4.78 is 11.7. The number of alkyl halides is 1. The lowest BCUT2D eigenvalue weighted by Gasteiger charge is -2.36. The molecule has 5 heteroatoms. The zero-order valence-corrected chi connectivity index (χ0v) is 13.9. The van der Waals surface area contributed by atoms with Crippen LogP contribution in [-0.4, -0.2) is 42.1 Å². The van der Waals surface area contributed by atoms with Gasteiger partial charge in [0.1, 0.15) is 5.75 Å². The van der Waals surface area contributed by atoms with Crippen molar-refractivity contribution in [3.8, 4) is 5.75 Å². The first-order valence-corrected chi connectivity index (χ1v) is 8.53. The Morgan fingerprint density at radius 1 is 1.40 bits per heavy atom. The molecule has 1 fully saturated rings. The Kier molecular flexibility index (Phi) is 4.55. The average Bonchev–Trinajstić information content (AvgIpc) is 2.86. The molecular weight excluding hydrogens is 342 g/mol. The van der Waals surface area contributed by atoms with Crippen molar-refractivity contribution in [3.63, 3.8) is 0 Å². The van der Waals surface area contributed by atoms with Crippen molar-refractivity contribution in [3.05, 3.63) is 28.3 Å². The van der Waals surface area contributed by atoms with Gasteiger partial charge in [-0.2, -0.15) is 0 Å². The maximum Gasteiger partial charge on any atom is 0.127 e. The van der Waals surface area contributed by atoms with Gasteiger partial charge in [0.2, 0.25) is 0 Å². The number of morpholine rings is 1. The summed E-state index contributed by atoms with van der Waals surface area (Å²) in [4.78, 5) is 2.42. The highest BCUT2D eigenvalue weighted by molar-refractivity contribution is 9.09. The quantitative estimate of drug-likeness (QED) is 0.772. The molecule has 2 atom stereocenters. The van der Waals surface area contributed by atoms with Crippen LogP contribution >= 0.6 is 27.5 Å². The molecule has 2 unspecified atom stereocenters. The second kappa shape index (κ2) is 6.22. The van der Waals surface area contributed by atoms with E-state index in [1.54, 1.807) is 0 Å². The van der Waals surface area contributed by atoms with Gasteiger partial charge in [-0.05, 0) is 24.6 Å². The zero-order chi connectivity index (χ0) is 14.1. The Balaban J connectivity index is 1.77.